The second kappa shape index (κ2) is 4.21. The lowest BCUT2D eigenvalue weighted by Crippen LogP contribution is -2.62. The molecule has 1 fully saturated rings. The first kappa shape index (κ1) is 12.4. The average molecular weight is 252 g/mol. The molecule has 0 N–H and O–H groups in total. The van der Waals surface area contributed by atoms with Gasteiger partial charge in [-0.15, -0.1) is 0 Å². The molecule has 1 nitrogen and oxygen atoms in total. The molecule has 2 aromatic carbocycles. The molecule has 0 aliphatic carbocycles. The van der Waals surface area contributed by atoms with Gasteiger partial charge in [-0.05, 0) is 25.0 Å². The van der Waals surface area contributed by atoms with E-state index in [0.29, 0.717) is 5.92 Å². The molecule has 0 spiro atoms. The summed E-state index contributed by atoms with van der Waals surface area (Å²) in [6.45, 7) is 6.62. The predicted octanol–water partition coefficient (Wildman–Crippen LogP) is 4.38. The number of benzene rings is 2. The van der Waals surface area contributed by atoms with Crippen LogP contribution >= 0.6 is 0 Å². The van der Waals surface area contributed by atoms with Gasteiger partial charge in [0.05, 0.1) is 5.60 Å². The van der Waals surface area contributed by atoms with Crippen LogP contribution in [-0.4, -0.2) is 5.60 Å². The van der Waals surface area contributed by atoms with Crippen molar-refractivity contribution in [2.45, 2.75) is 32.0 Å². The highest BCUT2D eigenvalue weighted by Crippen LogP contribution is 2.56. The van der Waals surface area contributed by atoms with E-state index in [0.717, 1.165) is 0 Å². The van der Waals surface area contributed by atoms with Crippen molar-refractivity contribution in [1.82, 2.24) is 0 Å². The van der Waals surface area contributed by atoms with Gasteiger partial charge >= 0.3 is 0 Å². The van der Waals surface area contributed by atoms with Gasteiger partial charge in [0.2, 0.25) is 0 Å². The van der Waals surface area contributed by atoms with Crippen molar-refractivity contribution in [3.63, 3.8) is 0 Å². The lowest BCUT2D eigenvalue weighted by Gasteiger charge is -2.59. The second-order valence-electron chi connectivity index (χ2n) is 5.89. The number of rotatable bonds is 2. The predicted molar refractivity (Wildman–Crippen MR) is 78.0 cm³/mol. The summed E-state index contributed by atoms with van der Waals surface area (Å²) >= 11 is 0. The summed E-state index contributed by atoms with van der Waals surface area (Å²) in [6.07, 6.45) is 0. The zero-order valence-corrected chi connectivity index (χ0v) is 11.8. The highest BCUT2D eigenvalue weighted by atomic mass is 16.6. The van der Waals surface area contributed by atoms with E-state index in [9.17, 15) is 0 Å². The SMILES string of the molecule is CC1C(C)(C)OC1(c1ccccc1)c1ccccc1. The van der Waals surface area contributed by atoms with E-state index in [-0.39, 0.29) is 11.2 Å². The Bertz CT molecular complexity index is 517. The van der Waals surface area contributed by atoms with E-state index in [1.807, 2.05) is 0 Å². The Labute approximate surface area is 115 Å². The minimum absolute atomic E-state index is 0.0777. The molecular weight excluding hydrogens is 232 g/mol. The number of ether oxygens (including phenoxy) is 1. The first-order valence-corrected chi connectivity index (χ1v) is 6.88. The zero-order chi connectivity index (χ0) is 13.5. The minimum Gasteiger partial charge on any atom is -0.359 e. The van der Waals surface area contributed by atoms with E-state index in [1.165, 1.54) is 11.1 Å². The monoisotopic (exact) mass is 252 g/mol. The van der Waals surface area contributed by atoms with Crippen molar-refractivity contribution >= 4 is 0 Å². The van der Waals surface area contributed by atoms with Crippen LogP contribution in [0.25, 0.3) is 0 Å². The third kappa shape index (κ3) is 1.73. The highest BCUT2D eigenvalue weighted by Gasteiger charge is 2.59. The highest BCUT2D eigenvalue weighted by molar-refractivity contribution is 5.41. The molecule has 1 aliphatic heterocycles. The molecule has 0 saturated carbocycles. The largest absolute Gasteiger partial charge is 0.359 e. The molecule has 0 aromatic heterocycles. The van der Waals surface area contributed by atoms with E-state index in [1.54, 1.807) is 0 Å². The fourth-order valence-electron chi connectivity index (χ4n) is 3.18. The van der Waals surface area contributed by atoms with Crippen LogP contribution in [0, 0.1) is 5.92 Å². The van der Waals surface area contributed by atoms with Crippen LogP contribution in [0.1, 0.15) is 31.9 Å². The maximum Gasteiger partial charge on any atom is 0.124 e. The first-order chi connectivity index (χ1) is 9.07. The van der Waals surface area contributed by atoms with Gasteiger partial charge in [-0.2, -0.15) is 0 Å². The molecule has 98 valence electrons. The Morgan fingerprint density at radius 2 is 1.21 bits per heavy atom. The fourth-order valence-corrected chi connectivity index (χ4v) is 3.18. The van der Waals surface area contributed by atoms with Crippen LogP contribution in [0.5, 0.6) is 0 Å². The van der Waals surface area contributed by atoms with Gasteiger partial charge in [-0.25, -0.2) is 0 Å². The fraction of sp³-hybridized carbons (Fsp3) is 0.333. The Hall–Kier alpha value is -1.60. The van der Waals surface area contributed by atoms with Gasteiger partial charge in [0.1, 0.15) is 5.60 Å². The number of hydrogen-bond acceptors (Lipinski definition) is 1. The molecule has 0 radical (unpaired) electrons. The summed E-state index contributed by atoms with van der Waals surface area (Å²) in [6, 6.07) is 21.1. The van der Waals surface area contributed by atoms with Crippen LogP contribution < -0.4 is 0 Å². The Kier molecular flexibility index (Phi) is 2.75. The molecule has 0 bridgehead atoms. The van der Waals surface area contributed by atoms with Gasteiger partial charge in [0.15, 0.2) is 0 Å². The lowest BCUT2D eigenvalue weighted by atomic mass is 9.64. The quantitative estimate of drug-likeness (QED) is 0.771. The molecular formula is C18H20O. The number of hydrogen-bond donors (Lipinski definition) is 0. The van der Waals surface area contributed by atoms with Crippen LogP contribution in [0.2, 0.25) is 0 Å². The average Bonchev–Trinajstić information content (AvgIpc) is 2.46. The molecule has 1 heteroatoms. The molecule has 1 aliphatic rings. The van der Waals surface area contributed by atoms with Crippen molar-refractivity contribution in [3.8, 4) is 0 Å². The third-order valence-corrected chi connectivity index (χ3v) is 4.48. The van der Waals surface area contributed by atoms with Crippen molar-refractivity contribution in [2.75, 3.05) is 0 Å². The molecule has 1 unspecified atom stereocenters. The van der Waals surface area contributed by atoms with Crippen LogP contribution in [-0.2, 0) is 10.3 Å². The lowest BCUT2D eigenvalue weighted by molar-refractivity contribution is -0.291. The van der Waals surface area contributed by atoms with Crippen LogP contribution in [0.4, 0.5) is 0 Å². The van der Waals surface area contributed by atoms with Crippen LogP contribution in [0.15, 0.2) is 60.7 Å². The van der Waals surface area contributed by atoms with E-state index < -0.39 is 0 Å². The maximum atomic E-state index is 6.40. The first-order valence-electron chi connectivity index (χ1n) is 6.88. The summed E-state index contributed by atoms with van der Waals surface area (Å²) < 4.78 is 6.40. The molecule has 1 atom stereocenters. The Morgan fingerprint density at radius 3 is 1.53 bits per heavy atom. The molecule has 0 amide bonds. The van der Waals surface area contributed by atoms with Crippen LogP contribution in [0.3, 0.4) is 0 Å². The molecule has 1 heterocycles. The normalized spacial score (nSPS) is 23.6. The second-order valence-corrected chi connectivity index (χ2v) is 5.89. The van der Waals surface area contributed by atoms with Crippen molar-refractivity contribution in [2.24, 2.45) is 5.92 Å². The Balaban J connectivity index is 2.14. The van der Waals surface area contributed by atoms with Crippen molar-refractivity contribution in [1.29, 1.82) is 0 Å². The Morgan fingerprint density at radius 1 is 0.789 bits per heavy atom. The molecule has 1 saturated heterocycles. The van der Waals surface area contributed by atoms with Gasteiger partial charge in [0, 0.05) is 5.92 Å². The molecule has 3 rings (SSSR count). The van der Waals surface area contributed by atoms with E-state index >= 15 is 0 Å². The van der Waals surface area contributed by atoms with Crippen molar-refractivity contribution < 1.29 is 4.74 Å². The minimum atomic E-state index is -0.300. The summed E-state index contributed by atoms with van der Waals surface area (Å²) in [7, 11) is 0. The smallest absolute Gasteiger partial charge is 0.124 e. The van der Waals surface area contributed by atoms with E-state index in [2.05, 4.69) is 81.4 Å². The van der Waals surface area contributed by atoms with Gasteiger partial charge in [-0.3, -0.25) is 0 Å². The summed E-state index contributed by atoms with van der Waals surface area (Å²) in [5, 5.41) is 0. The molecule has 19 heavy (non-hydrogen) atoms. The van der Waals surface area contributed by atoms with E-state index in [4.69, 9.17) is 4.74 Å². The third-order valence-electron chi connectivity index (χ3n) is 4.48. The zero-order valence-electron chi connectivity index (χ0n) is 11.8. The van der Waals surface area contributed by atoms with Gasteiger partial charge < -0.3 is 4.74 Å². The van der Waals surface area contributed by atoms with Gasteiger partial charge in [0.25, 0.3) is 0 Å². The summed E-state index contributed by atoms with van der Waals surface area (Å²) in [4.78, 5) is 0. The molecule has 2 aromatic rings. The maximum absolute atomic E-state index is 6.40. The summed E-state index contributed by atoms with van der Waals surface area (Å²) in [5.41, 5.74) is 2.11. The standard InChI is InChI=1S/C18H20O/c1-14-17(2,3)19-18(14,15-10-6-4-7-11-15)16-12-8-5-9-13-16/h4-14H,1-3H3. The summed E-state index contributed by atoms with van der Waals surface area (Å²) in [5.74, 6) is 0.435. The topological polar surface area (TPSA) is 9.23 Å². The van der Waals surface area contributed by atoms with Gasteiger partial charge in [-0.1, -0.05) is 67.6 Å². The van der Waals surface area contributed by atoms with Crippen molar-refractivity contribution in [3.05, 3.63) is 71.8 Å².